The fourth-order valence-corrected chi connectivity index (χ4v) is 5.06. The SMILES string of the molecule is COc1cc2nc(NC(=O)C3CCCCN3S(C)(=O)=O)sc2cc1OC. The lowest BCUT2D eigenvalue weighted by molar-refractivity contribution is -0.120. The van der Waals surface area contributed by atoms with Crippen LogP contribution in [0.2, 0.25) is 0 Å². The van der Waals surface area contributed by atoms with Crippen LogP contribution in [0.25, 0.3) is 10.2 Å². The molecule has 26 heavy (non-hydrogen) atoms. The summed E-state index contributed by atoms with van der Waals surface area (Å²) in [7, 11) is -0.337. The van der Waals surface area contributed by atoms with E-state index >= 15 is 0 Å². The van der Waals surface area contributed by atoms with E-state index in [0.29, 0.717) is 35.1 Å². The average Bonchev–Trinajstić information content (AvgIpc) is 3.00. The number of carbonyl (C=O) groups excluding carboxylic acids is 1. The number of nitrogens with one attached hydrogen (secondary N) is 1. The van der Waals surface area contributed by atoms with E-state index < -0.39 is 16.1 Å². The van der Waals surface area contributed by atoms with Gasteiger partial charge in [0.15, 0.2) is 16.6 Å². The van der Waals surface area contributed by atoms with Crippen LogP contribution < -0.4 is 14.8 Å². The number of thiazole rings is 1. The minimum atomic E-state index is -3.43. The maximum absolute atomic E-state index is 12.6. The molecule has 1 N–H and O–H groups in total. The summed E-state index contributed by atoms with van der Waals surface area (Å²) in [5.41, 5.74) is 0.673. The molecule has 1 amide bonds. The number of amides is 1. The van der Waals surface area contributed by atoms with Crippen LogP contribution in [-0.4, -0.2) is 56.7 Å². The normalized spacial score (nSPS) is 18.7. The molecule has 2 aromatic rings. The Morgan fingerprint density at radius 1 is 1.27 bits per heavy atom. The van der Waals surface area contributed by atoms with Crippen molar-refractivity contribution >= 4 is 42.6 Å². The number of rotatable bonds is 5. The molecule has 1 aliphatic rings. The molecule has 142 valence electrons. The van der Waals surface area contributed by atoms with Gasteiger partial charge in [0.05, 0.1) is 30.7 Å². The molecule has 0 spiro atoms. The Hall–Kier alpha value is -1.91. The summed E-state index contributed by atoms with van der Waals surface area (Å²) < 4.78 is 36.5. The highest BCUT2D eigenvalue weighted by molar-refractivity contribution is 7.88. The van der Waals surface area contributed by atoms with E-state index in [9.17, 15) is 13.2 Å². The summed E-state index contributed by atoms with van der Waals surface area (Å²) in [4.78, 5) is 17.0. The minimum absolute atomic E-state index is 0.354. The highest BCUT2D eigenvalue weighted by atomic mass is 32.2. The monoisotopic (exact) mass is 399 g/mol. The van der Waals surface area contributed by atoms with Crippen molar-refractivity contribution in [1.29, 1.82) is 0 Å². The molecule has 2 heterocycles. The zero-order chi connectivity index (χ0) is 18.9. The minimum Gasteiger partial charge on any atom is -0.493 e. The van der Waals surface area contributed by atoms with Crippen LogP contribution in [0, 0.1) is 0 Å². The van der Waals surface area contributed by atoms with Crippen molar-refractivity contribution in [3.63, 3.8) is 0 Å². The van der Waals surface area contributed by atoms with Crippen molar-refractivity contribution in [3.8, 4) is 11.5 Å². The third-order valence-electron chi connectivity index (χ3n) is 4.31. The second-order valence-electron chi connectivity index (χ2n) is 6.07. The second-order valence-corrected chi connectivity index (χ2v) is 9.03. The summed E-state index contributed by atoms with van der Waals surface area (Å²) in [6.45, 7) is 0.366. The van der Waals surface area contributed by atoms with Gasteiger partial charge in [-0.2, -0.15) is 4.31 Å². The largest absolute Gasteiger partial charge is 0.493 e. The van der Waals surface area contributed by atoms with Crippen molar-refractivity contribution < 1.29 is 22.7 Å². The van der Waals surface area contributed by atoms with Gasteiger partial charge in [0, 0.05) is 18.7 Å². The number of hydrogen-bond acceptors (Lipinski definition) is 7. The van der Waals surface area contributed by atoms with E-state index in [1.807, 2.05) is 0 Å². The molecule has 0 aliphatic carbocycles. The highest BCUT2D eigenvalue weighted by Crippen LogP contribution is 2.36. The predicted molar refractivity (Wildman–Crippen MR) is 101 cm³/mol. The molecular formula is C16H21N3O5S2. The van der Waals surface area contributed by atoms with Crippen LogP contribution >= 0.6 is 11.3 Å². The Morgan fingerprint density at radius 3 is 2.62 bits per heavy atom. The van der Waals surface area contributed by atoms with Crippen LogP contribution in [0.4, 0.5) is 5.13 Å². The zero-order valence-corrected chi connectivity index (χ0v) is 16.4. The van der Waals surface area contributed by atoms with Crippen molar-refractivity contribution in [2.75, 3.05) is 32.3 Å². The van der Waals surface area contributed by atoms with Crippen molar-refractivity contribution in [2.45, 2.75) is 25.3 Å². The Balaban J connectivity index is 1.84. The number of sulfonamides is 1. The maximum atomic E-state index is 12.6. The number of ether oxygens (including phenoxy) is 2. The molecule has 10 heteroatoms. The van der Waals surface area contributed by atoms with Gasteiger partial charge in [-0.3, -0.25) is 4.79 Å². The van der Waals surface area contributed by atoms with Gasteiger partial charge in [-0.25, -0.2) is 13.4 Å². The molecule has 1 aromatic carbocycles. The standard InChI is InChI=1S/C16H21N3O5S2/c1-23-12-8-10-14(9-13(12)24-2)25-16(17-10)18-15(20)11-6-4-5-7-19(11)26(3,21)22/h8-9,11H,4-7H2,1-3H3,(H,17,18,20). The quantitative estimate of drug-likeness (QED) is 0.827. The second kappa shape index (κ2) is 7.37. The third kappa shape index (κ3) is 3.76. The number of benzene rings is 1. The molecule has 1 fully saturated rings. The smallest absolute Gasteiger partial charge is 0.244 e. The van der Waals surface area contributed by atoms with Gasteiger partial charge in [0.25, 0.3) is 0 Å². The first-order chi connectivity index (χ1) is 12.3. The summed E-state index contributed by atoms with van der Waals surface area (Å²) >= 11 is 1.30. The summed E-state index contributed by atoms with van der Waals surface area (Å²) in [6, 6.07) is 2.84. The van der Waals surface area contributed by atoms with Crippen molar-refractivity contribution in [2.24, 2.45) is 0 Å². The van der Waals surface area contributed by atoms with Gasteiger partial charge in [0.2, 0.25) is 15.9 Å². The Morgan fingerprint density at radius 2 is 1.96 bits per heavy atom. The molecular weight excluding hydrogens is 378 g/mol. The zero-order valence-electron chi connectivity index (χ0n) is 14.8. The van der Waals surface area contributed by atoms with E-state index in [1.165, 1.54) is 15.6 Å². The molecule has 1 aliphatic heterocycles. The lowest BCUT2D eigenvalue weighted by atomic mass is 10.0. The van der Waals surface area contributed by atoms with Crippen LogP contribution in [0.3, 0.4) is 0 Å². The first kappa shape index (κ1) is 18.9. The lowest BCUT2D eigenvalue weighted by Crippen LogP contribution is -2.49. The molecule has 0 bridgehead atoms. The molecule has 3 rings (SSSR count). The van der Waals surface area contributed by atoms with Gasteiger partial charge in [-0.15, -0.1) is 0 Å². The maximum Gasteiger partial charge on any atom is 0.244 e. The van der Waals surface area contributed by atoms with Crippen molar-refractivity contribution in [1.82, 2.24) is 9.29 Å². The van der Waals surface area contributed by atoms with E-state index in [0.717, 1.165) is 23.8 Å². The van der Waals surface area contributed by atoms with E-state index in [-0.39, 0.29) is 5.91 Å². The number of hydrogen-bond donors (Lipinski definition) is 1. The fraction of sp³-hybridized carbons (Fsp3) is 0.500. The molecule has 1 unspecified atom stereocenters. The number of anilines is 1. The van der Waals surface area contributed by atoms with E-state index in [4.69, 9.17) is 9.47 Å². The topological polar surface area (TPSA) is 97.8 Å². The number of carbonyl (C=O) groups is 1. The van der Waals surface area contributed by atoms with E-state index in [1.54, 1.807) is 26.4 Å². The van der Waals surface area contributed by atoms with Gasteiger partial charge < -0.3 is 14.8 Å². The van der Waals surface area contributed by atoms with Gasteiger partial charge in [0.1, 0.15) is 6.04 Å². The Labute approximate surface area is 156 Å². The number of methoxy groups -OCH3 is 2. The van der Waals surface area contributed by atoms with Crippen molar-refractivity contribution in [3.05, 3.63) is 12.1 Å². The van der Waals surface area contributed by atoms with E-state index in [2.05, 4.69) is 10.3 Å². The molecule has 0 saturated carbocycles. The molecule has 1 saturated heterocycles. The van der Waals surface area contributed by atoms with Crippen LogP contribution in [0.5, 0.6) is 11.5 Å². The van der Waals surface area contributed by atoms with Gasteiger partial charge in [-0.05, 0) is 12.8 Å². The van der Waals surface area contributed by atoms with Gasteiger partial charge >= 0.3 is 0 Å². The Kier molecular flexibility index (Phi) is 5.35. The first-order valence-corrected chi connectivity index (χ1v) is 10.8. The predicted octanol–water partition coefficient (Wildman–Crippen LogP) is 2.07. The van der Waals surface area contributed by atoms with Crippen LogP contribution in [0.1, 0.15) is 19.3 Å². The number of aromatic nitrogens is 1. The van der Waals surface area contributed by atoms with Crippen LogP contribution in [-0.2, 0) is 14.8 Å². The summed E-state index contributed by atoms with van der Waals surface area (Å²) in [6.07, 6.45) is 3.22. The van der Waals surface area contributed by atoms with Crippen LogP contribution in [0.15, 0.2) is 12.1 Å². The summed E-state index contributed by atoms with van der Waals surface area (Å²) in [5.74, 6) is 0.781. The lowest BCUT2D eigenvalue weighted by Gasteiger charge is -2.32. The number of nitrogens with zero attached hydrogens (tertiary/aromatic N) is 2. The highest BCUT2D eigenvalue weighted by Gasteiger charge is 2.34. The van der Waals surface area contributed by atoms with Gasteiger partial charge in [-0.1, -0.05) is 17.8 Å². The molecule has 1 aromatic heterocycles. The Bertz CT molecular complexity index is 884. The molecule has 0 radical (unpaired) electrons. The summed E-state index contributed by atoms with van der Waals surface area (Å²) in [5, 5.41) is 3.17. The number of fused-ring (bicyclic) bond motifs is 1. The molecule has 8 nitrogen and oxygen atoms in total. The third-order valence-corrected chi connectivity index (χ3v) is 6.53. The number of piperidine rings is 1. The first-order valence-electron chi connectivity index (χ1n) is 8.13. The average molecular weight is 399 g/mol. The fourth-order valence-electron chi connectivity index (χ4n) is 3.06. The molecule has 1 atom stereocenters.